The number of carbonyl (C=O) groups excluding carboxylic acids is 1. The van der Waals surface area contributed by atoms with Crippen molar-refractivity contribution < 1.29 is 14.1 Å². The Morgan fingerprint density at radius 3 is 2.70 bits per heavy atom. The number of hydrogen-bond donors (Lipinski definition) is 0. The normalized spacial score (nSPS) is 11.9. The molecule has 0 amide bonds. The van der Waals surface area contributed by atoms with Gasteiger partial charge in [-0.1, -0.05) is 6.07 Å². The van der Waals surface area contributed by atoms with E-state index in [1.54, 1.807) is 25.1 Å². The number of halogens is 1. The minimum Gasteiger partial charge on any atom is -0.293 e. The molecule has 1 unspecified atom stereocenters. The molecule has 6 heteroatoms. The van der Waals surface area contributed by atoms with E-state index in [1.165, 1.54) is 6.20 Å². The number of aromatic nitrogens is 1. The molecule has 0 saturated carbocycles. The molecule has 1 heterocycles. The molecule has 0 fully saturated rings. The third-order valence-electron chi connectivity index (χ3n) is 2.95. The van der Waals surface area contributed by atoms with E-state index in [9.17, 15) is 19.3 Å². The number of Topliss-reactive ketones (excluding diaryl/α,β-unsaturated/α-hetero) is 1. The third kappa shape index (κ3) is 2.69. The Bertz CT molecular complexity index is 659. The first-order valence-electron chi connectivity index (χ1n) is 5.90. The topological polar surface area (TPSA) is 73.1 Å². The van der Waals surface area contributed by atoms with Gasteiger partial charge in [0.05, 0.1) is 22.1 Å². The molecule has 1 aromatic carbocycles. The van der Waals surface area contributed by atoms with Crippen LogP contribution in [0.25, 0.3) is 0 Å². The summed E-state index contributed by atoms with van der Waals surface area (Å²) in [6.45, 7) is 1.58. The molecule has 0 saturated heterocycles. The van der Waals surface area contributed by atoms with E-state index in [-0.39, 0.29) is 5.56 Å². The molecule has 0 N–H and O–H groups in total. The largest absolute Gasteiger partial charge is 0.293 e. The van der Waals surface area contributed by atoms with Crippen LogP contribution in [0.2, 0.25) is 0 Å². The standard InChI is InChI=1S/C14H11FN2O3/c1-9(12-4-2-3-7-16-12)14(18)11-8-10(15)5-6-13(11)17(19)20/h2-9H,1H3. The van der Waals surface area contributed by atoms with E-state index < -0.39 is 28.1 Å². The van der Waals surface area contributed by atoms with Crippen molar-refractivity contribution in [3.8, 4) is 0 Å². The van der Waals surface area contributed by atoms with Crippen LogP contribution in [-0.2, 0) is 0 Å². The maximum absolute atomic E-state index is 13.2. The van der Waals surface area contributed by atoms with Crippen LogP contribution in [0, 0.1) is 15.9 Å². The first-order valence-corrected chi connectivity index (χ1v) is 5.90. The Morgan fingerprint density at radius 2 is 2.10 bits per heavy atom. The Balaban J connectivity index is 2.43. The number of rotatable bonds is 4. The van der Waals surface area contributed by atoms with E-state index in [0.717, 1.165) is 18.2 Å². The minimum atomic E-state index is -0.697. The van der Waals surface area contributed by atoms with Crippen molar-refractivity contribution in [2.45, 2.75) is 12.8 Å². The Hall–Kier alpha value is -2.63. The summed E-state index contributed by atoms with van der Waals surface area (Å²) in [5.74, 6) is -1.90. The lowest BCUT2D eigenvalue weighted by Crippen LogP contribution is -2.13. The van der Waals surface area contributed by atoms with Gasteiger partial charge in [-0.05, 0) is 31.2 Å². The van der Waals surface area contributed by atoms with Gasteiger partial charge in [-0.25, -0.2) is 4.39 Å². The Labute approximate surface area is 114 Å². The van der Waals surface area contributed by atoms with Gasteiger partial charge in [-0.3, -0.25) is 19.9 Å². The molecule has 0 spiro atoms. The van der Waals surface area contributed by atoms with Crippen molar-refractivity contribution in [3.05, 3.63) is 69.8 Å². The van der Waals surface area contributed by atoms with Crippen LogP contribution in [0.3, 0.4) is 0 Å². The summed E-state index contributed by atoms with van der Waals surface area (Å²) in [6.07, 6.45) is 1.53. The summed E-state index contributed by atoms with van der Waals surface area (Å²) >= 11 is 0. The molecule has 102 valence electrons. The van der Waals surface area contributed by atoms with E-state index in [2.05, 4.69) is 4.98 Å². The number of nitro benzene ring substituents is 1. The first-order chi connectivity index (χ1) is 9.50. The molecule has 0 aliphatic heterocycles. The molecule has 20 heavy (non-hydrogen) atoms. The van der Waals surface area contributed by atoms with Gasteiger partial charge in [0.1, 0.15) is 5.82 Å². The average Bonchev–Trinajstić information content (AvgIpc) is 2.46. The first kappa shape index (κ1) is 13.8. The summed E-state index contributed by atoms with van der Waals surface area (Å²) in [5.41, 5.74) is -0.164. The maximum Gasteiger partial charge on any atom is 0.280 e. The highest BCUT2D eigenvalue weighted by atomic mass is 19.1. The molecule has 0 aliphatic rings. The number of ketones is 1. The summed E-state index contributed by atoms with van der Waals surface area (Å²) in [4.78, 5) is 26.6. The van der Waals surface area contributed by atoms with Gasteiger partial charge in [0.25, 0.3) is 5.69 Å². The van der Waals surface area contributed by atoms with Gasteiger partial charge in [0.15, 0.2) is 5.78 Å². The lowest BCUT2D eigenvalue weighted by atomic mass is 9.95. The van der Waals surface area contributed by atoms with Gasteiger partial charge >= 0.3 is 0 Å². The number of benzene rings is 1. The zero-order chi connectivity index (χ0) is 14.7. The van der Waals surface area contributed by atoms with E-state index in [4.69, 9.17) is 0 Å². The van der Waals surface area contributed by atoms with Gasteiger partial charge in [-0.15, -0.1) is 0 Å². The van der Waals surface area contributed by atoms with Crippen LogP contribution in [0.5, 0.6) is 0 Å². The smallest absolute Gasteiger partial charge is 0.280 e. The highest BCUT2D eigenvalue weighted by Crippen LogP contribution is 2.26. The van der Waals surface area contributed by atoms with Crippen LogP contribution in [-0.4, -0.2) is 15.7 Å². The molecule has 2 aromatic rings. The molecule has 0 bridgehead atoms. The number of nitrogens with zero attached hydrogens (tertiary/aromatic N) is 2. The fourth-order valence-corrected chi connectivity index (χ4v) is 1.86. The molecule has 1 aromatic heterocycles. The van der Waals surface area contributed by atoms with Crippen LogP contribution in [0.15, 0.2) is 42.6 Å². The zero-order valence-electron chi connectivity index (χ0n) is 10.6. The monoisotopic (exact) mass is 274 g/mol. The fraction of sp³-hybridized carbons (Fsp3) is 0.143. The number of pyridine rings is 1. The van der Waals surface area contributed by atoms with Gasteiger partial charge in [-0.2, -0.15) is 0 Å². The van der Waals surface area contributed by atoms with E-state index >= 15 is 0 Å². The molecule has 0 radical (unpaired) electrons. The van der Waals surface area contributed by atoms with E-state index in [0.29, 0.717) is 5.69 Å². The lowest BCUT2D eigenvalue weighted by molar-refractivity contribution is -0.385. The van der Waals surface area contributed by atoms with Crippen LogP contribution >= 0.6 is 0 Å². The van der Waals surface area contributed by atoms with Crippen molar-refractivity contribution in [2.75, 3.05) is 0 Å². The minimum absolute atomic E-state index is 0.242. The Kier molecular flexibility index (Phi) is 3.84. The summed E-state index contributed by atoms with van der Waals surface area (Å²) in [6, 6.07) is 7.90. The fourth-order valence-electron chi connectivity index (χ4n) is 1.86. The third-order valence-corrected chi connectivity index (χ3v) is 2.95. The Morgan fingerprint density at radius 1 is 1.35 bits per heavy atom. The molecular weight excluding hydrogens is 263 g/mol. The second kappa shape index (κ2) is 5.56. The van der Waals surface area contributed by atoms with Crippen molar-refractivity contribution in [1.82, 2.24) is 4.98 Å². The quantitative estimate of drug-likeness (QED) is 0.488. The van der Waals surface area contributed by atoms with Gasteiger partial charge in [0.2, 0.25) is 0 Å². The highest BCUT2D eigenvalue weighted by molar-refractivity contribution is 6.03. The van der Waals surface area contributed by atoms with E-state index in [1.807, 2.05) is 0 Å². The predicted molar refractivity (Wildman–Crippen MR) is 70.0 cm³/mol. The van der Waals surface area contributed by atoms with Crippen LogP contribution in [0.4, 0.5) is 10.1 Å². The summed E-state index contributed by atoms with van der Waals surface area (Å²) in [7, 11) is 0. The molecule has 5 nitrogen and oxygen atoms in total. The second-order valence-corrected chi connectivity index (χ2v) is 4.26. The lowest BCUT2D eigenvalue weighted by Gasteiger charge is -2.10. The molecule has 0 aliphatic carbocycles. The number of nitro groups is 1. The van der Waals surface area contributed by atoms with Crippen molar-refractivity contribution in [2.24, 2.45) is 0 Å². The van der Waals surface area contributed by atoms with Crippen LogP contribution < -0.4 is 0 Å². The maximum atomic E-state index is 13.2. The molecule has 1 atom stereocenters. The molecule has 2 rings (SSSR count). The van der Waals surface area contributed by atoms with Crippen molar-refractivity contribution in [3.63, 3.8) is 0 Å². The number of carbonyl (C=O) groups is 1. The van der Waals surface area contributed by atoms with Crippen molar-refractivity contribution >= 4 is 11.5 Å². The average molecular weight is 274 g/mol. The highest BCUT2D eigenvalue weighted by Gasteiger charge is 2.26. The predicted octanol–water partition coefficient (Wildman–Crippen LogP) is 3.12. The summed E-state index contributed by atoms with van der Waals surface area (Å²) in [5, 5.41) is 10.9. The molecular formula is C14H11FN2O3. The van der Waals surface area contributed by atoms with Crippen molar-refractivity contribution in [1.29, 1.82) is 0 Å². The number of hydrogen-bond acceptors (Lipinski definition) is 4. The second-order valence-electron chi connectivity index (χ2n) is 4.26. The van der Waals surface area contributed by atoms with Gasteiger partial charge in [0, 0.05) is 12.3 Å². The van der Waals surface area contributed by atoms with Gasteiger partial charge < -0.3 is 0 Å². The zero-order valence-corrected chi connectivity index (χ0v) is 10.6. The SMILES string of the molecule is CC(C(=O)c1cc(F)ccc1[N+](=O)[O-])c1ccccn1. The summed E-state index contributed by atoms with van der Waals surface area (Å²) < 4.78 is 13.2. The van der Waals surface area contributed by atoms with Crippen LogP contribution in [0.1, 0.15) is 28.9 Å².